The number of methoxy groups -OCH3 is 1. The van der Waals surface area contributed by atoms with Crippen LogP contribution in [0.5, 0.6) is 5.75 Å². The second-order valence-electron chi connectivity index (χ2n) is 6.05. The first kappa shape index (κ1) is 16.3. The number of hydrogen-bond acceptors (Lipinski definition) is 4. The van der Waals surface area contributed by atoms with Crippen LogP contribution < -0.4 is 10.1 Å². The Bertz CT molecular complexity index is 436. The van der Waals surface area contributed by atoms with Crippen LogP contribution in [0.2, 0.25) is 0 Å². The standard InChI is InChI=1S/C17H29N3O/c1-5-18-17(14-7-6-8-16(11-14)21-4)13-20-10-9-15(12-20)19(2)3/h6-8,11,15,17-18H,5,9-10,12-13H2,1-4H3. The van der Waals surface area contributed by atoms with Gasteiger partial charge in [-0.15, -0.1) is 0 Å². The van der Waals surface area contributed by atoms with Gasteiger partial charge in [0.15, 0.2) is 0 Å². The zero-order valence-corrected chi connectivity index (χ0v) is 13.8. The summed E-state index contributed by atoms with van der Waals surface area (Å²) in [6, 6.07) is 9.47. The monoisotopic (exact) mass is 291 g/mol. The summed E-state index contributed by atoms with van der Waals surface area (Å²) in [7, 11) is 6.08. The molecular formula is C17H29N3O. The molecule has 4 nitrogen and oxygen atoms in total. The van der Waals surface area contributed by atoms with Gasteiger partial charge in [-0.1, -0.05) is 19.1 Å². The van der Waals surface area contributed by atoms with Crippen LogP contribution in [0.15, 0.2) is 24.3 Å². The molecule has 118 valence electrons. The van der Waals surface area contributed by atoms with Crippen molar-refractivity contribution in [3.8, 4) is 5.75 Å². The van der Waals surface area contributed by atoms with Gasteiger partial charge in [0.25, 0.3) is 0 Å². The lowest BCUT2D eigenvalue weighted by atomic mass is 10.1. The number of nitrogens with zero attached hydrogens (tertiary/aromatic N) is 2. The van der Waals surface area contributed by atoms with Crippen LogP contribution >= 0.6 is 0 Å². The summed E-state index contributed by atoms with van der Waals surface area (Å²) in [6.07, 6.45) is 1.27. The van der Waals surface area contributed by atoms with E-state index >= 15 is 0 Å². The maximum atomic E-state index is 5.35. The van der Waals surface area contributed by atoms with E-state index in [1.165, 1.54) is 25.1 Å². The fraction of sp³-hybridized carbons (Fsp3) is 0.647. The summed E-state index contributed by atoms with van der Waals surface area (Å²) in [5, 5.41) is 3.61. The van der Waals surface area contributed by atoms with E-state index in [1.54, 1.807) is 7.11 Å². The molecule has 2 atom stereocenters. The summed E-state index contributed by atoms with van der Waals surface area (Å²) in [5.74, 6) is 0.933. The van der Waals surface area contributed by atoms with Crippen molar-refractivity contribution in [1.82, 2.24) is 15.1 Å². The number of likely N-dealkylation sites (N-methyl/N-ethyl adjacent to an activating group) is 2. The van der Waals surface area contributed by atoms with Crippen LogP contribution in [-0.2, 0) is 0 Å². The Morgan fingerprint density at radius 3 is 2.86 bits per heavy atom. The van der Waals surface area contributed by atoms with Gasteiger partial charge in [0.2, 0.25) is 0 Å². The van der Waals surface area contributed by atoms with Crippen LogP contribution in [0.3, 0.4) is 0 Å². The molecule has 0 spiro atoms. The van der Waals surface area contributed by atoms with Gasteiger partial charge in [-0.05, 0) is 51.3 Å². The lowest BCUT2D eigenvalue weighted by Crippen LogP contribution is -2.36. The van der Waals surface area contributed by atoms with Crippen molar-refractivity contribution >= 4 is 0 Å². The van der Waals surface area contributed by atoms with E-state index in [0.29, 0.717) is 12.1 Å². The van der Waals surface area contributed by atoms with E-state index in [9.17, 15) is 0 Å². The van der Waals surface area contributed by atoms with Crippen molar-refractivity contribution in [2.45, 2.75) is 25.4 Å². The van der Waals surface area contributed by atoms with Crippen molar-refractivity contribution in [2.75, 3.05) is 47.4 Å². The highest BCUT2D eigenvalue weighted by atomic mass is 16.5. The van der Waals surface area contributed by atoms with Crippen molar-refractivity contribution in [3.05, 3.63) is 29.8 Å². The molecule has 21 heavy (non-hydrogen) atoms. The van der Waals surface area contributed by atoms with Crippen LogP contribution in [0.25, 0.3) is 0 Å². The lowest BCUT2D eigenvalue weighted by molar-refractivity contribution is 0.251. The van der Waals surface area contributed by atoms with E-state index in [1.807, 2.05) is 6.07 Å². The first-order valence-corrected chi connectivity index (χ1v) is 7.90. The molecule has 0 amide bonds. The van der Waals surface area contributed by atoms with E-state index in [0.717, 1.165) is 18.8 Å². The van der Waals surface area contributed by atoms with E-state index in [4.69, 9.17) is 4.74 Å². The molecule has 0 aliphatic carbocycles. The van der Waals surface area contributed by atoms with Gasteiger partial charge in [-0.25, -0.2) is 0 Å². The predicted octanol–water partition coefficient (Wildman–Crippen LogP) is 1.98. The number of hydrogen-bond donors (Lipinski definition) is 1. The Kier molecular flexibility index (Phi) is 6.03. The average molecular weight is 291 g/mol. The Labute approximate surface area is 129 Å². The normalized spacial score (nSPS) is 20.9. The Hall–Kier alpha value is -1.10. The van der Waals surface area contributed by atoms with Crippen LogP contribution in [0, 0.1) is 0 Å². The van der Waals surface area contributed by atoms with Gasteiger partial charge in [0.1, 0.15) is 5.75 Å². The van der Waals surface area contributed by atoms with Gasteiger partial charge >= 0.3 is 0 Å². The molecule has 1 aromatic rings. The minimum absolute atomic E-state index is 0.367. The zero-order chi connectivity index (χ0) is 15.2. The van der Waals surface area contributed by atoms with Crippen molar-refractivity contribution in [3.63, 3.8) is 0 Å². The quantitative estimate of drug-likeness (QED) is 0.831. The van der Waals surface area contributed by atoms with Crippen LogP contribution in [-0.4, -0.2) is 63.2 Å². The largest absolute Gasteiger partial charge is 0.497 e. The maximum absolute atomic E-state index is 5.35. The Balaban J connectivity index is 2.02. The second-order valence-corrected chi connectivity index (χ2v) is 6.05. The fourth-order valence-corrected chi connectivity index (χ4v) is 3.05. The number of benzene rings is 1. The van der Waals surface area contributed by atoms with Crippen LogP contribution in [0.4, 0.5) is 0 Å². The average Bonchev–Trinajstić information content (AvgIpc) is 2.96. The summed E-state index contributed by atoms with van der Waals surface area (Å²) in [5.41, 5.74) is 1.31. The molecule has 1 heterocycles. The summed E-state index contributed by atoms with van der Waals surface area (Å²) in [4.78, 5) is 4.91. The highest BCUT2D eigenvalue weighted by molar-refractivity contribution is 5.30. The Morgan fingerprint density at radius 1 is 1.43 bits per heavy atom. The first-order chi connectivity index (χ1) is 10.1. The maximum Gasteiger partial charge on any atom is 0.119 e. The van der Waals surface area contributed by atoms with E-state index in [2.05, 4.69) is 54.3 Å². The van der Waals surface area contributed by atoms with Gasteiger partial charge < -0.3 is 15.0 Å². The molecular weight excluding hydrogens is 262 g/mol. The number of ether oxygens (including phenoxy) is 1. The smallest absolute Gasteiger partial charge is 0.119 e. The van der Waals surface area contributed by atoms with E-state index < -0.39 is 0 Å². The molecule has 1 aliphatic rings. The zero-order valence-electron chi connectivity index (χ0n) is 13.8. The first-order valence-electron chi connectivity index (χ1n) is 7.90. The Morgan fingerprint density at radius 2 is 2.24 bits per heavy atom. The molecule has 2 unspecified atom stereocenters. The molecule has 0 aromatic heterocycles. The van der Waals surface area contributed by atoms with E-state index in [-0.39, 0.29) is 0 Å². The highest BCUT2D eigenvalue weighted by Crippen LogP contribution is 2.22. The summed E-state index contributed by atoms with van der Waals surface area (Å²) >= 11 is 0. The van der Waals surface area contributed by atoms with Gasteiger partial charge in [0, 0.05) is 25.2 Å². The molecule has 0 saturated carbocycles. The van der Waals surface area contributed by atoms with Gasteiger partial charge in [-0.3, -0.25) is 4.90 Å². The summed E-state index contributed by atoms with van der Waals surface area (Å²) < 4.78 is 5.35. The molecule has 1 fully saturated rings. The predicted molar refractivity (Wildman–Crippen MR) is 87.9 cm³/mol. The molecule has 1 saturated heterocycles. The molecule has 1 aromatic carbocycles. The molecule has 1 aliphatic heterocycles. The highest BCUT2D eigenvalue weighted by Gasteiger charge is 2.26. The fourth-order valence-electron chi connectivity index (χ4n) is 3.05. The molecule has 2 rings (SSSR count). The summed E-state index contributed by atoms with van der Waals surface area (Å²) in [6.45, 7) is 6.56. The number of rotatable bonds is 7. The third-order valence-corrected chi connectivity index (χ3v) is 4.37. The molecule has 1 N–H and O–H groups in total. The minimum Gasteiger partial charge on any atom is -0.497 e. The lowest BCUT2D eigenvalue weighted by Gasteiger charge is -2.26. The third kappa shape index (κ3) is 4.43. The van der Waals surface area contributed by atoms with Crippen LogP contribution in [0.1, 0.15) is 24.9 Å². The SMILES string of the molecule is CCNC(CN1CCC(N(C)C)C1)c1cccc(OC)c1. The molecule has 0 bridgehead atoms. The third-order valence-electron chi connectivity index (χ3n) is 4.37. The molecule has 4 heteroatoms. The van der Waals surface area contributed by atoms with Crippen molar-refractivity contribution in [1.29, 1.82) is 0 Å². The number of likely N-dealkylation sites (tertiary alicyclic amines) is 1. The topological polar surface area (TPSA) is 27.7 Å². The van der Waals surface area contributed by atoms with Crippen molar-refractivity contribution in [2.24, 2.45) is 0 Å². The second kappa shape index (κ2) is 7.78. The number of nitrogens with one attached hydrogen (secondary N) is 1. The van der Waals surface area contributed by atoms with Crippen molar-refractivity contribution < 1.29 is 4.74 Å². The van der Waals surface area contributed by atoms with Gasteiger partial charge in [-0.2, -0.15) is 0 Å². The minimum atomic E-state index is 0.367. The molecule has 0 radical (unpaired) electrons. The van der Waals surface area contributed by atoms with Gasteiger partial charge in [0.05, 0.1) is 7.11 Å².